The van der Waals surface area contributed by atoms with Crippen molar-refractivity contribution in [3.05, 3.63) is 95.1 Å². The summed E-state index contributed by atoms with van der Waals surface area (Å²) in [5, 5.41) is 5.09. The van der Waals surface area contributed by atoms with E-state index in [0.29, 0.717) is 11.7 Å². The molecule has 2 heterocycles. The van der Waals surface area contributed by atoms with Crippen LogP contribution in [0.15, 0.2) is 72.8 Å². The van der Waals surface area contributed by atoms with Crippen LogP contribution >= 0.6 is 12.2 Å². The number of anilines is 2. The molecule has 1 fully saturated rings. The number of nitrogens with one attached hydrogen (secondary N) is 1. The van der Waals surface area contributed by atoms with E-state index in [4.69, 9.17) is 17.1 Å². The van der Waals surface area contributed by atoms with Gasteiger partial charge in [-0.1, -0.05) is 54.1 Å². The first-order valence-electron chi connectivity index (χ1n) is 9.83. The number of carbonyl (C=O) groups excluding carboxylic acids is 1. The van der Waals surface area contributed by atoms with Gasteiger partial charge in [-0.25, -0.2) is 4.84 Å². The van der Waals surface area contributed by atoms with Gasteiger partial charge in [0.05, 0.1) is 17.9 Å². The summed E-state index contributed by atoms with van der Waals surface area (Å²) < 4.78 is 0. The molecule has 1 unspecified atom stereocenters. The smallest absolute Gasteiger partial charge is 0.288 e. The number of thiocarbonyl (C=S) groups is 1. The quantitative estimate of drug-likeness (QED) is 0.645. The Morgan fingerprint density at radius 2 is 1.73 bits per heavy atom. The van der Waals surface area contributed by atoms with Crippen LogP contribution in [-0.2, 0) is 21.9 Å². The predicted molar refractivity (Wildman–Crippen MR) is 121 cm³/mol. The average Bonchev–Trinajstić information content (AvgIpc) is 3.20. The monoisotopic (exact) mass is 415 g/mol. The van der Waals surface area contributed by atoms with Crippen molar-refractivity contribution in [3.8, 4) is 0 Å². The highest BCUT2D eigenvalue weighted by atomic mass is 32.1. The largest absolute Gasteiger partial charge is 0.319 e. The number of fused-ring (bicyclic) bond motifs is 2. The maximum Gasteiger partial charge on any atom is 0.288 e. The number of carbonyl (C=O) groups is 1. The van der Waals surface area contributed by atoms with E-state index in [0.717, 1.165) is 33.6 Å². The summed E-state index contributed by atoms with van der Waals surface area (Å²) in [6.07, 6.45) is 0. The van der Waals surface area contributed by atoms with Crippen molar-refractivity contribution in [3.63, 3.8) is 0 Å². The Hall–Kier alpha value is -3.22. The van der Waals surface area contributed by atoms with Crippen LogP contribution in [0.4, 0.5) is 11.4 Å². The Kier molecular flexibility index (Phi) is 4.34. The van der Waals surface area contributed by atoms with E-state index in [1.165, 1.54) is 0 Å². The Morgan fingerprint density at radius 3 is 2.50 bits per heavy atom. The summed E-state index contributed by atoms with van der Waals surface area (Å²) in [6.45, 7) is 4.47. The first-order valence-corrected chi connectivity index (χ1v) is 10.2. The molecule has 0 aliphatic carbocycles. The van der Waals surface area contributed by atoms with Crippen molar-refractivity contribution < 1.29 is 9.63 Å². The Bertz CT molecular complexity index is 1160. The molecule has 1 amide bonds. The molecule has 1 atom stereocenters. The molecule has 3 aromatic carbocycles. The SMILES string of the molecule is Cc1cccc(N2OC3(NC2=S)C(=O)N(Cc2ccccc2)c2ccc(C)cc23)c1. The van der Waals surface area contributed by atoms with Crippen molar-refractivity contribution in [1.82, 2.24) is 5.32 Å². The molecule has 0 radical (unpaired) electrons. The zero-order valence-electron chi connectivity index (χ0n) is 16.8. The van der Waals surface area contributed by atoms with Crippen LogP contribution in [0.25, 0.3) is 0 Å². The molecule has 3 aromatic rings. The van der Waals surface area contributed by atoms with Gasteiger partial charge in [0.1, 0.15) is 0 Å². The minimum Gasteiger partial charge on any atom is -0.319 e. The maximum absolute atomic E-state index is 13.7. The molecule has 1 N–H and O–H groups in total. The zero-order chi connectivity index (χ0) is 20.9. The van der Waals surface area contributed by atoms with Crippen molar-refractivity contribution in [1.29, 1.82) is 0 Å². The first-order chi connectivity index (χ1) is 14.5. The average molecular weight is 416 g/mol. The minimum absolute atomic E-state index is 0.176. The van der Waals surface area contributed by atoms with Gasteiger partial charge in [-0.15, -0.1) is 0 Å². The van der Waals surface area contributed by atoms with Crippen LogP contribution in [0.2, 0.25) is 0 Å². The number of benzene rings is 3. The predicted octanol–water partition coefficient (Wildman–Crippen LogP) is 4.33. The van der Waals surface area contributed by atoms with Gasteiger partial charge in [0.2, 0.25) is 5.11 Å². The third-order valence-corrected chi connectivity index (χ3v) is 5.75. The van der Waals surface area contributed by atoms with Crippen LogP contribution < -0.4 is 15.3 Å². The number of hydrogen-bond donors (Lipinski definition) is 1. The molecule has 1 saturated heterocycles. The van der Waals surface area contributed by atoms with Crippen molar-refractivity contribution in [2.45, 2.75) is 26.1 Å². The van der Waals surface area contributed by atoms with Gasteiger partial charge < -0.3 is 10.2 Å². The van der Waals surface area contributed by atoms with E-state index in [-0.39, 0.29) is 5.91 Å². The summed E-state index contributed by atoms with van der Waals surface area (Å²) in [4.78, 5) is 21.8. The summed E-state index contributed by atoms with van der Waals surface area (Å²) >= 11 is 5.58. The topological polar surface area (TPSA) is 44.8 Å². The van der Waals surface area contributed by atoms with Gasteiger partial charge in [0.25, 0.3) is 11.6 Å². The Labute approximate surface area is 180 Å². The maximum atomic E-state index is 13.7. The summed E-state index contributed by atoms with van der Waals surface area (Å²) in [7, 11) is 0. The molecule has 6 heteroatoms. The van der Waals surface area contributed by atoms with Crippen LogP contribution in [0.1, 0.15) is 22.3 Å². The third-order valence-electron chi connectivity index (χ3n) is 5.48. The lowest BCUT2D eigenvalue weighted by atomic mass is 10.0. The molecule has 150 valence electrons. The van der Waals surface area contributed by atoms with Crippen LogP contribution in [0.5, 0.6) is 0 Å². The fraction of sp³-hybridized carbons (Fsp3) is 0.167. The van der Waals surface area contributed by atoms with E-state index < -0.39 is 5.72 Å². The van der Waals surface area contributed by atoms with Crippen molar-refractivity contribution in [2.75, 3.05) is 9.96 Å². The Morgan fingerprint density at radius 1 is 0.967 bits per heavy atom. The fourth-order valence-corrected chi connectivity index (χ4v) is 4.33. The molecular weight excluding hydrogens is 394 g/mol. The standard InChI is InChI=1S/C24H21N3O2S/c1-16-7-6-10-19(13-16)27-23(30)25-24(29-27)20-14-17(2)11-12-21(20)26(22(24)28)15-18-8-4-3-5-9-18/h3-14H,15H2,1-2H3,(H,25,30). The lowest BCUT2D eigenvalue weighted by Crippen LogP contribution is -2.48. The molecule has 0 aromatic heterocycles. The summed E-state index contributed by atoms with van der Waals surface area (Å²) in [6, 6.07) is 23.8. The molecule has 0 bridgehead atoms. The molecule has 1 spiro atoms. The fourth-order valence-electron chi connectivity index (χ4n) is 4.04. The number of nitrogens with zero attached hydrogens (tertiary/aromatic N) is 2. The molecule has 0 saturated carbocycles. The van der Waals surface area contributed by atoms with Crippen LogP contribution in [0.3, 0.4) is 0 Å². The van der Waals surface area contributed by atoms with Gasteiger partial charge in [-0.2, -0.15) is 5.06 Å². The number of aryl methyl sites for hydroxylation is 2. The lowest BCUT2D eigenvalue weighted by molar-refractivity contribution is -0.141. The van der Waals surface area contributed by atoms with Crippen molar-refractivity contribution in [2.24, 2.45) is 0 Å². The molecular formula is C24H21N3O2S. The molecule has 5 rings (SSSR count). The Balaban J connectivity index is 1.58. The van der Waals surface area contributed by atoms with E-state index in [1.54, 1.807) is 9.96 Å². The minimum atomic E-state index is -1.36. The highest BCUT2D eigenvalue weighted by Crippen LogP contribution is 2.46. The molecule has 5 nitrogen and oxygen atoms in total. The summed E-state index contributed by atoms with van der Waals surface area (Å²) in [5.74, 6) is -0.176. The number of rotatable bonds is 3. The van der Waals surface area contributed by atoms with Gasteiger partial charge in [-0.05, 0) is 61.5 Å². The summed E-state index contributed by atoms with van der Waals surface area (Å²) in [5.41, 5.74) is 4.21. The van der Waals surface area contributed by atoms with Gasteiger partial charge >= 0.3 is 0 Å². The van der Waals surface area contributed by atoms with E-state index in [2.05, 4.69) is 5.32 Å². The zero-order valence-corrected chi connectivity index (χ0v) is 17.6. The molecule has 2 aliphatic heterocycles. The highest BCUT2D eigenvalue weighted by Gasteiger charge is 2.59. The van der Waals surface area contributed by atoms with Gasteiger partial charge in [0, 0.05) is 5.56 Å². The highest BCUT2D eigenvalue weighted by molar-refractivity contribution is 7.80. The van der Waals surface area contributed by atoms with Crippen LogP contribution in [0, 0.1) is 13.8 Å². The van der Waals surface area contributed by atoms with E-state index in [9.17, 15) is 4.79 Å². The van der Waals surface area contributed by atoms with Crippen LogP contribution in [-0.4, -0.2) is 11.0 Å². The first kappa shape index (κ1) is 18.8. The second kappa shape index (κ2) is 6.93. The second-order valence-corrected chi connectivity index (χ2v) is 8.12. The van der Waals surface area contributed by atoms with E-state index in [1.807, 2.05) is 86.6 Å². The number of amides is 1. The number of hydrogen-bond acceptors (Lipinski definition) is 3. The second-order valence-electron chi connectivity index (χ2n) is 7.73. The molecule has 2 aliphatic rings. The lowest BCUT2D eigenvalue weighted by Gasteiger charge is -2.23. The number of hydroxylamine groups is 1. The van der Waals surface area contributed by atoms with Crippen molar-refractivity contribution >= 4 is 34.6 Å². The van der Waals surface area contributed by atoms with Gasteiger partial charge in [-0.3, -0.25) is 4.79 Å². The third kappa shape index (κ3) is 2.88. The normalized spacial score (nSPS) is 20.1. The molecule has 30 heavy (non-hydrogen) atoms. The van der Waals surface area contributed by atoms with Gasteiger partial charge in [0.15, 0.2) is 0 Å². The van der Waals surface area contributed by atoms with E-state index >= 15 is 0 Å².